The second-order valence-electron chi connectivity index (χ2n) is 2.91. The van der Waals surface area contributed by atoms with Crippen LogP contribution in [0.3, 0.4) is 0 Å². The lowest BCUT2D eigenvalue weighted by atomic mass is 10.3. The number of carbonyl (C=O) groups is 1. The lowest BCUT2D eigenvalue weighted by Crippen LogP contribution is -2.27. The van der Waals surface area contributed by atoms with Crippen LogP contribution in [0.2, 0.25) is 0 Å². The van der Waals surface area contributed by atoms with Crippen LogP contribution in [0.1, 0.15) is 13.8 Å². The molecular formula is C7H15O6PS. The average molecular weight is 258 g/mol. The highest BCUT2D eigenvalue weighted by Gasteiger charge is 2.22. The van der Waals surface area contributed by atoms with E-state index in [2.05, 4.69) is 4.18 Å². The molecule has 0 saturated carbocycles. The van der Waals surface area contributed by atoms with Crippen molar-refractivity contribution in [2.24, 2.45) is 0 Å². The Labute approximate surface area is 89.9 Å². The van der Waals surface area contributed by atoms with Gasteiger partial charge in [0.1, 0.15) is 6.10 Å². The van der Waals surface area contributed by atoms with Gasteiger partial charge in [-0.3, -0.25) is 13.5 Å². The molecule has 0 aliphatic rings. The van der Waals surface area contributed by atoms with Gasteiger partial charge >= 0.3 is 0 Å². The van der Waals surface area contributed by atoms with Gasteiger partial charge < -0.3 is 4.52 Å². The maximum atomic E-state index is 11.2. The Balaban J connectivity index is 4.43. The zero-order chi connectivity index (χ0) is 12.1. The minimum absolute atomic E-state index is 0.207. The van der Waals surface area contributed by atoms with E-state index in [0.717, 1.165) is 6.26 Å². The molecule has 0 aliphatic heterocycles. The molecule has 8 heteroatoms. The summed E-state index contributed by atoms with van der Waals surface area (Å²) >= 11 is 0. The maximum absolute atomic E-state index is 11.2. The Morgan fingerprint density at radius 1 is 1.47 bits per heavy atom. The number of hydrogen-bond acceptors (Lipinski definition) is 6. The molecule has 0 fully saturated rings. The number of Topliss-reactive ketones (excluding diaryl/α,β-unsaturated/α-hetero) is 1. The van der Waals surface area contributed by atoms with Gasteiger partial charge in [0.05, 0.1) is 19.0 Å². The highest BCUT2D eigenvalue weighted by molar-refractivity contribution is 7.86. The summed E-state index contributed by atoms with van der Waals surface area (Å²) in [7, 11) is -6.14. The fraction of sp³-hybridized carbons (Fsp3) is 0.857. The third kappa shape index (κ3) is 7.67. The first-order valence-electron chi connectivity index (χ1n) is 4.30. The van der Waals surface area contributed by atoms with Crippen LogP contribution in [-0.2, 0) is 28.2 Å². The van der Waals surface area contributed by atoms with E-state index < -0.39 is 30.0 Å². The zero-order valence-corrected chi connectivity index (χ0v) is 10.7. The van der Waals surface area contributed by atoms with Crippen LogP contribution < -0.4 is 0 Å². The van der Waals surface area contributed by atoms with Crippen molar-refractivity contribution in [3.05, 3.63) is 0 Å². The number of rotatable bonds is 7. The molecule has 0 aliphatic carbocycles. The van der Waals surface area contributed by atoms with E-state index in [1.165, 1.54) is 6.92 Å². The number of carbonyl (C=O) groups excluding carboxylic acids is 1. The molecule has 0 aromatic rings. The van der Waals surface area contributed by atoms with Crippen LogP contribution in [0.25, 0.3) is 0 Å². The quantitative estimate of drug-likeness (QED) is 0.486. The highest BCUT2D eigenvalue weighted by atomic mass is 32.2. The number of hydrogen-bond donors (Lipinski definition) is 0. The molecular weight excluding hydrogens is 243 g/mol. The van der Waals surface area contributed by atoms with Crippen LogP contribution in [0.4, 0.5) is 0 Å². The van der Waals surface area contributed by atoms with E-state index in [0.29, 0.717) is 0 Å². The van der Waals surface area contributed by atoms with E-state index in [4.69, 9.17) is 4.52 Å². The molecule has 0 aromatic carbocycles. The second kappa shape index (κ2) is 6.37. The number of ketones is 1. The summed E-state index contributed by atoms with van der Waals surface area (Å²) in [5.41, 5.74) is 0. The smallest absolute Gasteiger partial charge is 0.265 e. The van der Waals surface area contributed by atoms with Crippen LogP contribution in [0, 0.1) is 0 Å². The molecule has 0 rings (SSSR count). The van der Waals surface area contributed by atoms with Crippen molar-refractivity contribution in [1.82, 2.24) is 0 Å². The molecule has 0 radical (unpaired) electrons. The van der Waals surface area contributed by atoms with Crippen LogP contribution in [0.15, 0.2) is 0 Å². The summed E-state index contributed by atoms with van der Waals surface area (Å²) in [6.07, 6.45) is -0.584. The van der Waals surface area contributed by atoms with Gasteiger partial charge in [0.2, 0.25) is 0 Å². The lowest BCUT2D eigenvalue weighted by Gasteiger charge is -2.12. The summed E-state index contributed by atoms with van der Waals surface area (Å²) in [4.78, 5) is 11.0. The van der Waals surface area contributed by atoms with Crippen molar-refractivity contribution in [1.29, 1.82) is 0 Å². The van der Waals surface area contributed by atoms with Crippen molar-refractivity contribution < 1.29 is 26.5 Å². The van der Waals surface area contributed by atoms with Gasteiger partial charge in [-0.05, 0) is 13.8 Å². The predicted molar refractivity (Wildman–Crippen MR) is 55.9 cm³/mol. The Morgan fingerprint density at radius 2 is 2.00 bits per heavy atom. The van der Waals surface area contributed by atoms with Crippen molar-refractivity contribution >= 4 is 23.9 Å². The van der Waals surface area contributed by atoms with Crippen molar-refractivity contribution in [3.8, 4) is 0 Å². The Kier molecular flexibility index (Phi) is 6.28. The summed E-state index contributed by atoms with van der Waals surface area (Å²) in [5.74, 6) is -0.488. The largest absolute Gasteiger partial charge is 0.331 e. The minimum atomic E-state index is -3.73. The molecule has 0 bridgehead atoms. The minimum Gasteiger partial charge on any atom is -0.331 e. The molecule has 0 saturated heterocycles. The van der Waals surface area contributed by atoms with Gasteiger partial charge in [-0.2, -0.15) is 8.42 Å². The van der Waals surface area contributed by atoms with E-state index in [1.54, 1.807) is 6.92 Å². The Bertz CT molecular complexity index is 335. The molecule has 0 aromatic heterocycles. The predicted octanol–water partition coefficient (Wildman–Crippen LogP) is 0.431. The normalized spacial score (nSPS) is 15.9. The molecule has 15 heavy (non-hydrogen) atoms. The van der Waals surface area contributed by atoms with Gasteiger partial charge in [0, 0.05) is 0 Å². The topological polar surface area (TPSA) is 86.7 Å². The lowest BCUT2D eigenvalue weighted by molar-refractivity contribution is -0.122. The van der Waals surface area contributed by atoms with E-state index in [1.807, 2.05) is 0 Å². The van der Waals surface area contributed by atoms with Crippen molar-refractivity contribution in [2.75, 3.05) is 19.0 Å². The highest BCUT2D eigenvalue weighted by Crippen LogP contribution is 2.24. The van der Waals surface area contributed by atoms with E-state index in [9.17, 15) is 17.8 Å². The van der Waals surface area contributed by atoms with Gasteiger partial charge in [-0.1, -0.05) is 0 Å². The zero-order valence-electron chi connectivity index (χ0n) is 8.85. The molecule has 2 atom stereocenters. The summed E-state index contributed by atoms with van der Waals surface area (Å²) in [5, 5.41) is 0. The summed E-state index contributed by atoms with van der Waals surface area (Å²) < 4.78 is 42.0. The first-order chi connectivity index (χ1) is 6.76. The molecule has 0 heterocycles. The summed E-state index contributed by atoms with van der Waals surface area (Å²) in [6.45, 7) is 3.08. The molecule has 2 unspecified atom stereocenters. The SMILES string of the molecule is CCO[PH](=O)CC(OS(C)(=O)=O)C(C)=O. The van der Waals surface area contributed by atoms with E-state index in [-0.39, 0.29) is 12.8 Å². The molecule has 0 N–H and O–H groups in total. The second-order valence-corrected chi connectivity index (χ2v) is 5.95. The fourth-order valence-electron chi connectivity index (χ4n) is 0.828. The fourth-order valence-corrected chi connectivity index (χ4v) is 2.69. The van der Waals surface area contributed by atoms with Gasteiger partial charge in [0.15, 0.2) is 13.8 Å². The van der Waals surface area contributed by atoms with Crippen LogP contribution in [0.5, 0.6) is 0 Å². The molecule has 6 nitrogen and oxygen atoms in total. The first kappa shape index (κ1) is 14.8. The van der Waals surface area contributed by atoms with Crippen molar-refractivity contribution in [2.45, 2.75) is 20.0 Å². The summed E-state index contributed by atoms with van der Waals surface area (Å²) in [6, 6.07) is 0. The Morgan fingerprint density at radius 3 is 2.33 bits per heavy atom. The average Bonchev–Trinajstić information content (AvgIpc) is 2.00. The maximum Gasteiger partial charge on any atom is 0.265 e. The van der Waals surface area contributed by atoms with Gasteiger partial charge in [0.25, 0.3) is 10.1 Å². The first-order valence-corrected chi connectivity index (χ1v) is 7.64. The van der Waals surface area contributed by atoms with Crippen molar-refractivity contribution in [3.63, 3.8) is 0 Å². The van der Waals surface area contributed by atoms with Gasteiger partial charge in [-0.25, -0.2) is 0 Å². The monoisotopic (exact) mass is 258 g/mol. The van der Waals surface area contributed by atoms with Crippen LogP contribution >= 0.6 is 8.03 Å². The molecule has 0 amide bonds. The third-order valence-corrected chi connectivity index (χ3v) is 3.30. The molecule has 0 spiro atoms. The third-order valence-electron chi connectivity index (χ3n) is 1.40. The van der Waals surface area contributed by atoms with E-state index >= 15 is 0 Å². The van der Waals surface area contributed by atoms with Gasteiger partial charge in [-0.15, -0.1) is 0 Å². The Hall–Kier alpha value is -0.230. The molecule has 90 valence electrons. The van der Waals surface area contributed by atoms with Crippen LogP contribution in [-0.4, -0.2) is 39.3 Å². The standard InChI is InChI=1S/C7H15O6PS/c1-4-12-14(9)5-7(6(2)8)13-15(3,10)11/h7,14H,4-5H2,1-3H3.